The van der Waals surface area contributed by atoms with Gasteiger partial charge in [0.05, 0.1) is 25.2 Å². The van der Waals surface area contributed by atoms with Crippen LogP contribution in [0.15, 0.2) is 66.9 Å². The van der Waals surface area contributed by atoms with Crippen LogP contribution in [0, 0.1) is 13.8 Å². The van der Waals surface area contributed by atoms with Crippen LogP contribution in [0.1, 0.15) is 37.5 Å². The van der Waals surface area contributed by atoms with Crippen LogP contribution in [0.3, 0.4) is 0 Å². The standard InChI is InChI=1S/C32H28F4N4O2S/c1-18-19(2)30(43-27(18)15-39-29(41)12-4-20-3-11-28(37)38-14-20)25-10-9-23(13-26(25)32(34,35)36)21-5-7-22(8-6-21)31(42)40-16-24(33)17-40/h3-14,24H,15-17H2,1-2H3,(H2,37,38)(H,39,41)/b12-4+. The van der Waals surface area contributed by atoms with E-state index in [1.165, 1.54) is 34.6 Å². The van der Waals surface area contributed by atoms with E-state index >= 15 is 0 Å². The molecule has 3 N–H and O–H groups in total. The van der Waals surface area contributed by atoms with Crippen molar-refractivity contribution in [3.8, 4) is 21.6 Å². The molecule has 5 rings (SSSR count). The van der Waals surface area contributed by atoms with Crippen LogP contribution in [0.2, 0.25) is 0 Å². The number of carbonyl (C=O) groups excluding carboxylic acids is 2. The maximum Gasteiger partial charge on any atom is 0.417 e. The van der Waals surface area contributed by atoms with Crippen molar-refractivity contribution in [2.45, 2.75) is 32.7 Å². The quantitative estimate of drug-likeness (QED) is 0.178. The molecule has 4 aromatic rings. The molecule has 0 spiro atoms. The topological polar surface area (TPSA) is 88.3 Å². The number of carbonyl (C=O) groups is 2. The van der Waals surface area contributed by atoms with Gasteiger partial charge in [0.15, 0.2) is 0 Å². The van der Waals surface area contributed by atoms with E-state index < -0.39 is 17.9 Å². The molecule has 2 aromatic carbocycles. The Labute approximate surface area is 249 Å². The molecule has 0 aliphatic carbocycles. The van der Waals surface area contributed by atoms with E-state index in [0.717, 1.165) is 16.5 Å². The van der Waals surface area contributed by atoms with Crippen molar-refractivity contribution in [2.24, 2.45) is 0 Å². The van der Waals surface area contributed by atoms with Gasteiger partial charge in [-0.15, -0.1) is 11.3 Å². The van der Waals surface area contributed by atoms with Gasteiger partial charge in [-0.1, -0.05) is 24.3 Å². The van der Waals surface area contributed by atoms with Crippen LogP contribution >= 0.6 is 11.3 Å². The van der Waals surface area contributed by atoms with E-state index in [1.54, 1.807) is 55.5 Å². The number of thiophene rings is 1. The highest BCUT2D eigenvalue weighted by Crippen LogP contribution is 2.44. The summed E-state index contributed by atoms with van der Waals surface area (Å²) in [6.45, 7) is 3.85. The lowest BCUT2D eigenvalue weighted by Gasteiger charge is -2.34. The molecule has 2 amide bonds. The van der Waals surface area contributed by atoms with Crippen LogP contribution in [0.4, 0.5) is 23.4 Å². The van der Waals surface area contributed by atoms with Gasteiger partial charge in [-0.05, 0) is 78.1 Å². The number of hydrogen-bond donors (Lipinski definition) is 2. The number of nitrogen functional groups attached to an aromatic ring is 1. The third-order valence-corrected chi connectivity index (χ3v) is 8.79. The number of hydrogen-bond acceptors (Lipinski definition) is 5. The summed E-state index contributed by atoms with van der Waals surface area (Å²) in [5, 5.41) is 2.79. The summed E-state index contributed by atoms with van der Waals surface area (Å²) in [5.74, 6) is -0.293. The number of likely N-dealkylation sites (tertiary alicyclic amines) is 1. The lowest BCUT2D eigenvalue weighted by atomic mass is 9.95. The van der Waals surface area contributed by atoms with Gasteiger partial charge in [0.25, 0.3) is 5.91 Å². The lowest BCUT2D eigenvalue weighted by molar-refractivity contribution is -0.137. The van der Waals surface area contributed by atoms with Crippen LogP contribution in [0.25, 0.3) is 27.6 Å². The minimum Gasteiger partial charge on any atom is -0.384 e. The first-order chi connectivity index (χ1) is 20.4. The Morgan fingerprint density at radius 3 is 2.37 bits per heavy atom. The molecule has 0 bridgehead atoms. The van der Waals surface area contributed by atoms with Gasteiger partial charge in [0.1, 0.15) is 12.0 Å². The highest BCUT2D eigenvalue weighted by Gasteiger charge is 2.35. The molecule has 1 saturated heterocycles. The summed E-state index contributed by atoms with van der Waals surface area (Å²) < 4.78 is 56.2. The van der Waals surface area contributed by atoms with Crippen molar-refractivity contribution < 1.29 is 27.2 Å². The summed E-state index contributed by atoms with van der Waals surface area (Å²) in [7, 11) is 0. The number of alkyl halides is 4. The number of amides is 2. The molecule has 0 atom stereocenters. The van der Waals surface area contributed by atoms with Crippen molar-refractivity contribution in [2.75, 3.05) is 18.8 Å². The van der Waals surface area contributed by atoms with E-state index in [2.05, 4.69) is 10.3 Å². The number of pyridine rings is 1. The molecule has 222 valence electrons. The summed E-state index contributed by atoms with van der Waals surface area (Å²) in [6.07, 6.45) is -1.15. The molecule has 0 saturated carbocycles. The molecule has 3 heterocycles. The predicted molar refractivity (Wildman–Crippen MR) is 160 cm³/mol. The van der Waals surface area contributed by atoms with Gasteiger partial charge in [0, 0.05) is 33.2 Å². The van der Waals surface area contributed by atoms with E-state index in [4.69, 9.17) is 5.73 Å². The Morgan fingerprint density at radius 1 is 1.05 bits per heavy atom. The van der Waals surface area contributed by atoms with E-state index in [-0.39, 0.29) is 37.0 Å². The number of nitrogens with zero attached hydrogens (tertiary/aromatic N) is 2. The number of aromatic nitrogens is 1. The largest absolute Gasteiger partial charge is 0.417 e. The average molecular weight is 609 g/mol. The fraction of sp³-hybridized carbons (Fsp3) is 0.219. The molecule has 11 heteroatoms. The third kappa shape index (κ3) is 6.61. The van der Waals surface area contributed by atoms with Gasteiger partial charge in [-0.3, -0.25) is 9.59 Å². The highest BCUT2D eigenvalue weighted by molar-refractivity contribution is 7.16. The van der Waals surface area contributed by atoms with Crippen LogP contribution in [-0.4, -0.2) is 41.0 Å². The number of benzene rings is 2. The number of nitrogens with one attached hydrogen (secondary N) is 1. The maximum atomic E-state index is 14.4. The molecule has 0 unspecified atom stereocenters. The summed E-state index contributed by atoms with van der Waals surface area (Å²) in [6, 6.07) is 13.8. The number of halogens is 4. The van der Waals surface area contributed by atoms with Crippen LogP contribution < -0.4 is 11.1 Å². The number of nitrogens with two attached hydrogens (primary N) is 1. The smallest absolute Gasteiger partial charge is 0.384 e. The molecular weight excluding hydrogens is 580 g/mol. The maximum absolute atomic E-state index is 14.4. The third-order valence-electron chi connectivity index (χ3n) is 7.37. The monoisotopic (exact) mass is 608 g/mol. The Hall–Kier alpha value is -4.51. The zero-order chi connectivity index (χ0) is 30.9. The SMILES string of the molecule is Cc1c(CNC(=O)/C=C/c2ccc(N)nc2)sc(-c2ccc(-c3ccc(C(=O)N4CC(F)C4)cc3)cc2C(F)(F)F)c1C. The molecular formula is C32H28F4N4O2S. The molecule has 1 fully saturated rings. The zero-order valence-corrected chi connectivity index (χ0v) is 24.2. The molecule has 2 aromatic heterocycles. The molecule has 1 aliphatic rings. The molecule has 6 nitrogen and oxygen atoms in total. The summed E-state index contributed by atoms with van der Waals surface area (Å²) in [4.78, 5) is 31.4. The second kappa shape index (κ2) is 12.0. The van der Waals surface area contributed by atoms with Crippen LogP contribution in [0.5, 0.6) is 0 Å². The average Bonchev–Trinajstić information content (AvgIpc) is 3.25. The van der Waals surface area contributed by atoms with Gasteiger partial charge in [-0.2, -0.15) is 13.2 Å². The van der Waals surface area contributed by atoms with Gasteiger partial charge in [0.2, 0.25) is 5.91 Å². The fourth-order valence-corrected chi connectivity index (χ4v) is 6.02. The van der Waals surface area contributed by atoms with Gasteiger partial charge in [-0.25, -0.2) is 9.37 Å². The van der Waals surface area contributed by atoms with E-state index in [1.807, 2.05) is 6.92 Å². The summed E-state index contributed by atoms with van der Waals surface area (Å²) >= 11 is 1.21. The molecule has 1 aliphatic heterocycles. The normalized spacial score (nSPS) is 13.8. The first kappa shape index (κ1) is 30.0. The van der Waals surface area contributed by atoms with Crippen molar-refractivity contribution in [3.63, 3.8) is 0 Å². The van der Waals surface area contributed by atoms with Crippen molar-refractivity contribution in [1.29, 1.82) is 0 Å². The van der Waals surface area contributed by atoms with Crippen molar-refractivity contribution in [1.82, 2.24) is 15.2 Å². The molecule has 0 radical (unpaired) electrons. The van der Waals surface area contributed by atoms with Gasteiger partial charge >= 0.3 is 6.18 Å². The number of anilines is 1. The Kier molecular flexibility index (Phi) is 8.36. The van der Waals surface area contributed by atoms with Gasteiger partial charge < -0.3 is 16.0 Å². The minimum absolute atomic E-state index is 0.0478. The Morgan fingerprint density at radius 2 is 1.74 bits per heavy atom. The Balaban J connectivity index is 1.35. The predicted octanol–water partition coefficient (Wildman–Crippen LogP) is 6.82. The fourth-order valence-electron chi connectivity index (χ4n) is 4.73. The van der Waals surface area contributed by atoms with E-state index in [9.17, 15) is 27.2 Å². The van der Waals surface area contributed by atoms with Crippen molar-refractivity contribution in [3.05, 3.63) is 99.6 Å². The van der Waals surface area contributed by atoms with E-state index in [0.29, 0.717) is 38.5 Å². The first-order valence-electron chi connectivity index (χ1n) is 13.4. The highest BCUT2D eigenvalue weighted by atomic mass is 32.1. The summed E-state index contributed by atoms with van der Waals surface area (Å²) in [5.41, 5.74) is 8.29. The lowest BCUT2D eigenvalue weighted by Crippen LogP contribution is -2.51. The Bertz CT molecular complexity index is 1690. The van der Waals surface area contributed by atoms with Crippen molar-refractivity contribution >= 4 is 35.0 Å². The first-order valence-corrected chi connectivity index (χ1v) is 14.2. The second-order valence-electron chi connectivity index (χ2n) is 10.3. The molecule has 43 heavy (non-hydrogen) atoms. The zero-order valence-electron chi connectivity index (χ0n) is 23.3. The van der Waals surface area contributed by atoms with Crippen LogP contribution in [-0.2, 0) is 17.5 Å². The minimum atomic E-state index is -4.62. The number of rotatable bonds is 7. The second-order valence-corrected chi connectivity index (χ2v) is 11.4.